The molecule has 3 unspecified atom stereocenters. The monoisotopic (exact) mass is 296 g/mol. The molecule has 0 amide bonds. The van der Waals surface area contributed by atoms with E-state index >= 15 is 0 Å². The van der Waals surface area contributed by atoms with Crippen LogP contribution >= 0.6 is 11.6 Å². The van der Waals surface area contributed by atoms with Crippen LogP contribution in [0.1, 0.15) is 44.2 Å². The second kappa shape index (κ2) is 6.00. The molecule has 0 radical (unpaired) electrons. The van der Waals surface area contributed by atoms with Crippen LogP contribution in [0.2, 0.25) is 5.02 Å². The van der Waals surface area contributed by atoms with Crippen molar-refractivity contribution in [3.05, 3.63) is 34.6 Å². The first-order valence-corrected chi connectivity index (χ1v) is 7.96. The Morgan fingerprint density at radius 3 is 3.00 bits per heavy atom. The summed E-state index contributed by atoms with van der Waals surface area (Å²) in [5, 5.41) is 3.90. The van der Waals surface area contributed by atoms with Crippen molar-refractivity contribution in [3.63, 3.8) is 0 Å². The van der Waals surface area contributed by atoms with Gasteiger partial charge in [0.1, 0.15) is 5.82 Å². The van der Waals surface area contributed by atoms with Crippen LogP contribution in [0.3, 0.4) is 0 Å². The highest BCUT2D eigenvalue weighted by molar-refractivity contribution is 6.30. The topological polar surface area (TPSA) is 15.3 Å². The lowest BCUT2D eigenvalue weighted by atomic mass is 9.96. The summed E-state index contributed by atoms with van der Waals surface area (Å²) < 4.78 is 13.2. The molecule has 110 valence electrons. The van der Waals surface area contributed by atoms with Crippen LogP contribution in [0.5, 0.6) is 0 Å². The van der Waals surface area contributed by atoms with Gasteiger partial charge in [-0.05, 0) is 63.4 Å². The molecule has 0 spiro atoms. The van der Waals surface area contributed by atoms with E-state index in [1.807, 2.05) is 6.07 Å². The lowest BCUT2D eigenvalue weighted by Gasteiger charge is -2.36. The molecule has 0 saturated carbocycles. The SMILES string of the molecule is CC(NC1CCN2CCCC2C1)c1ccc(F)c(Cl)c1. The fourth-order valence-corrected chi connectivity index (χ4v) is 3.80. The van der Waals surface area contributed by atoms with Crippen molar-refractivity contribution >= 4 is 11.6 Å². The molecule has 2 aliphatic heterocycles. The van der Waals surface area contributed by atoms with Crippen molar-refractivity contribution in [3.8, 4) is 0 Å². The van der Waals surface area contributed by atoms with E-state index in [0.717, 1.165) is 11.6 Å². The molecule has 1 aromatic carbocycles. The predicted molar refractivity (Wildman–Crippen MR) is 80.6 cm³/mol. The minimum absolute atomic E-state index is 0.210. The van der Waals surface area contributed by atoms with Crippen LogP contribution in [0, 0.1) is 5.82 Å². The summed E-state index contributed by atoms with van der Waals surface area (Å²) in [6.07, 6.45) is 5.13. The molecule has 2 heterocycles. The van der Waals surface area contributed by atoms with E-state index in [0.29, 0.717) is 6.04 Å². The average molecular weight is 297 g/mol. The molecule has 20 heavy (non-hydrogen) atoms. The van der Waals surface area contributed by atoms with E-state index in [-0.39, 0.29) is 16.9 Å². The van der Waals surface area contributed by atoms with Crippen LogP contribution in [0.15, 0.2) is 18.2 Å². The molecule has 0 aliphatic carbocycles. The molecule has 2 fully saturated rings. The average Bonchev–Trinajstić information content (AvgIpc) is 2.89. The van der Waals surface area contributed by atoms with Crippen molar-refractivity contribution in [2.45, 2.75) is 50.7 Å². The summed E-state index contributed by atoms with van der Waals surface area (Å²) in [5.74, 6) is -0.345. The number of rotatable bonds is 3. The molecule has 0 bridgehead atoms. The van der Waals surface area contributed by atoms with E-state index < -0.39 is 0 Å². The molecule has 2 saturated heterocycles. The highest BCUT2D eigenvalue weighted by atomic mass is 35.5. The Hall–Kier alpha value is -0.640. The van der Waals surface area contributed by atoms with Crippen LogP contribution < -0.4 is 5.32 Å². The summed E-state index contributed by atoms with van der Waals surface area (Å²) in [6.45, 7) is 4.62. The van der Waals surface area contributed by atoms with Crippen molar-refractivity contribution in [2.24, 2.45) is 0 Å². The Morgan fingerprint density at radius 1 is 1.35 bits per heavy atom. The molecular formula is C16H22ClFN2. The standard InChI is InChI=1S/C16H22ClFN2/c1-11(12-4-5-16(18)15(17)9-12)19-13-6-8-20-7-2-3-14(20)10-13/h4-5,9,11,13-14,19H,2-3,6-8,10H2,1H3. The molecule has 3 atom stereocenters. The van der Waals surface area contributed by atoms with Crippen LogP contribution in [0.25, 0.3) is 0 Å². The first kappa shape index (κ1) is 14.3. The number of hydrogen-bond donors (Lipinski definition) is 1. The Balaban J connectivity index is 1.60. The fraction of sp³-hybridized carbons (Fsp3) is 0.625. The second-order valence-corrected chi connectivity index (χ2v) is 6.52. The molecule has 1 N–H and O–H groups in total. The lowest BCUT2D eigenvalue weighted by Crippen LogP contribution is -2.46. The fourth-order valence-electron chi connectivity index (χ4n) is 3.61. The quantitative estimate of drug-likeness (QED) is 0.914. The Bertz CT molecular complexity index is 480. The zero-order chi connectivity index (χ0) is 14.1. The van der Waals surface area contributed by atoms with Gasteiger partial charge in [0.05, 0.1) is 5.02 Å². The van der Waals surface area contributed by atoms with Gasteiger partial charge in [0.2, 0.25) is 0 Å². The van der Waals surface area contributed by atoms with Gasteiger partial charge in [0, 0.05) is 18.1 Å². The maximum atomic E-state index is 13.2. The smallest absolute Gasteiger partial charge is 0.141 e. The van der Waals surface area contributed by atoms with E-state index in [4.69, 9.17) is 11.6 Å². The third kappa shape index (κ3) is 3.00. The minimum atomic E-state index is -0.345. The molecule has 2 nitrogen and oxygen atoms in total. The zero-order valence-corrected chi connectivity index (χ0v) is 12.7. The van der Waals surface area contributed by atoms with Crippen LogP contribution in [-0.2, 0) is 0 Å². The van der Waals surface area contributed by atoms with Gasteiger partial charge in [-0.1, -0.05) is 17.7 Å². The van der Waals surface area contributed by atoms with Crippen molar-refractivity contribution in [2.75, 3.05) is 13.1 Å². The molecule has 0 aromatic heterocycles. The Morgan fingerprint density at radius 2 is 2.20 bits per heavy atom. The number of fused-ring (bicyclic) bond motifs is 1. The summed E-state index contributed by atoms with van der Waals surface area (Å²) in [4.78, 5) is 2.62. The Kier molecular flexibility index (Phi) is 4.29. The number of nitrogens with zero attached hydrogens (tertiary/aromatic N) is 1. The van der Waals surface area contributed by atoms with Gasteiger partial charge in [-0.2, -0.15) is 0 Å². The highest BCUT2D eigenvalue weighted by Gasteiger charge is 2.32. The van der Waals surface area contributed by atoms with Crippen molar-refractivity contribution in [1.82, 2.24) is 10.2 Å². The maximum absolute atomic E-state index is 13.2. The molecular weight excluding hydrogens is 275 g/mol. The third-order valence-electron chi connectivity index (χ3n) is 4.75. The van der Waals surface area contributed by atoms with Gasteiger partial charge in [0.15, 0.2) is 0 Å². The van der Waals surface area contributed by atoms with Gasteiger partial charge in [-0.15, -0.1) is 0 Å². The van der Waals surface area contributed by atoms with Gasteiger partial charge in [-0.25, -0.2) is 4.39 Å². The number of halogens is 2. The first-order valence-electron chi connectivity index (χ1n) is 7.58. The van der Waals surface area contributed by atoms with Gasteiger partial charge >= 0.3 is 0 Å². The van der Waals surface area contributed by atoms with Gasteiger partial charge in [0.25, 0.3) is 0 Å². The second-order valence-electron chi connectivity index (χ2n) is 6.12. The van der Waals surface area contributed by atoms with Gasteiger partial charge in [-0.3, -0.25) is 0 Å². The first-order chi connectivity index (χ1) is 9.63. The summed E-state index contributed by atoms with van der Waals surface area (Å²) in [5.41, 5.74) is 1.06. The molecule has 4 heteroatoms. The predicted octanol–water partition coefficient (Wildman–Crippen LogP) is 3.76. The van der Waals surface area contributed by atoms with Crippen LogP contribution in [-0.4, -0.2) is 30.1 Å². The number of benzene rings is 1. The van der Waals surface area contributed by atoms with Gasteiger partial charge < -0.3 is 10.2 Å². The number of nitrogens with one attached hydrogen (secondary N) is 1. The third-order valence-corrected chi connectivity index (χ3v) is 5.04. The lowest BCUT2D eigenvalue weighted by molar-refractivity contribution is 0.162. The van der Waals surface area contributed by atoms with E-state index in [2.05, 4.69) is 17.1 Å². The molecule has 2 aliphatic rings. The highest BCUT2D eigenvalue weighted by Crippen LogP contribution is 2.28. The van der Waals surface area contributed by atoms with Crippen molar-refractivity contribution < 1.29 is 4.39 Å². The summed E-state index contributed by atoms with van der Waals surface area (Å²) in [7, 11) is 0. The molecule has 3 rings (SSSR count). The maximum Gasteiger partial charge on any atom is 0.141 e. The minimum Gasteiger partial charge on any atom is -0.307 e. The normalized spacial score (nSPS) is 28.4. The largest absolute Gasteiger partial charge is 0.307 e. The van der Waals surface area contributed by atoms with E-state index in [1.54, 1.807) is 6.07 Å². The molecule has 1 aromatic rings. The Labute approximate surface area is 125 Å². The van der Waals surface area contributed by atoms with E-state index in [1.165, 1.54) is 44.8 Å². The number of piperidine rings is 1. The van der Waals surface area contributed by atoms with Crippen molar-refractivity contribution in [1.29, 1.82) is 0 Å². The van der Waals surface area contributed by atoms with Crippen LogP contribution in [0.4, 0.5) is 4.39 Å². The summed E-state index contributed by atoms with van der Waals surface area (Å²) in [6, 6.07) is 6.56. The summed E-state index contributed by atoms with van der Waals surface area (Å²) >= 11 is 5.86. The zero-order valence-electron chi connectivity index (χ0n) is 11.9. The van der Waals surface area contributed by atoms with E-state index in [9.17, 15) is 4.39 Å². The number of hydrogen-bond acceptors (Lipinski definition) is 2.